The minimum absolute atomic E-state index is 0.0470. The van der Waals surface area contributed by atoms with Crippen LogP contribution in [0.15, 0.2) is 48.5 Å². The fraction of sp³-hybridized carbons (Fsp3) is 0.273. The Morgan fingerprint density at radius 1 is 1.12 bits per heavy atom. The van der Waals surface area contributed by atoms with E-state index in [9.17, 15) is 14.0 Å². The molecule has 11 heteroatoms. The van der Waals surface area contributed by atoms with Gasteiger partial charge >= 0.3 is 0 Å². The fourth-order valence-electron chi connectivity index (χ4n) is 2.89. The second-order valence-corrected chi connectivity index (χ2v) is 7.35. The molecule has 0 radical (unpaired) electrons. The number of hydrazine groups is 1. The molecule has 2 amide bonds. The zero-order valence-corrected chi connectivity index (χ0v) is 18.9. The van der Waals surface area contributed by atoms with Crippen LogP contribution in [0.1, 0.15) is 20.3 Å². The average Bonchev–Trinajstić information content (AvgIpc) is 3.18. The molecular formula is C22H24FN5O4S. The molecule has 0 spiro atoms. The van der Waals surface area contributed by atoms with E-state index in [4.69, 9.17) is 21.7 Å². The maximum absolute atomic E-state index is 13.0. The molecule has 1 heterocycles. The van der Waals surface area contributed by atoms with E-state index >= 15 is 0 Å². The number of nitrogens with one attached hydrogen (secondary N) is 3. The number of carbonyl (C=O) groups excluding carboxylic acids is 2. The van der Waals surface area contributed by atoms with E-state index in [0.717, 1.165) is 11.3 Å². The number of halogens is 1. The first kappa shape index (κ1) is 23.9. The lowest BCUT2D eigenvalue weighted by Crippen LogP contribution is -2.47. The third-order valence-corrected chi connectivity index (χ3v) is 4.88. The summed E-state index contributed by atoms with van der Waals surface area (Å²) in [6.07, 6.45) is -0.852. The molecule has 3 rings (SSSR count). The van der Waals surface area contributed by atoms with Gasteiger partial charge in [0.15, 0.2) is 16.7 Å². The molecule has 9 nitrogen and oxygen atoms in total. The summed E-state index contributed by atoms with van der Waals surface area (Å²) >= 11 is 5.28. The number of hydrogen-bond acceptors (Lipinski definition) is 6. The molecule has 33 heavy (non-hydrogen) atoms. The van der Waals surface area contributed by atoms with Gasteiger partial charge in [-0.05, 0) is 74.6 Å². The van der Waals surface area contributed by atoms with Crippen molar-refractivity contribution in [2.24, 2.45) is 0 Å². The lowest BCUT2D eigenvalue weighted by Gasteiger charge is -2.15. The molecule has 1 aromatic heterocycles. The number of aromatic amines is 1. The maximum Gasteiger partial charge on any atom is 0.279 e. The Balaban J connectivity index is 1.51. The standard InChI is InChI=1S/C22H24FN5O4S/c1-3-31-17-8-4-15(5-9-17)20-25-27-22(33)28(20)13-12-19(29)24-26-21(30)14(2)32-18-10-6-16(23)7-11-18/h4-11,14H,3,12-13H2,1-2H3,(H,24,29)(H,26,30)(H,27,33). The zero-order valence-electron chi connectivity index (χ0n) is 18.1. The van der Waals surface area contributed by atoms with Crippen molar-refractivity contribution in [3.8, 4) is 22.9 Å². The van der Waals surface area contributed by atoms with Crippen LogP contribution in [0.3, 0.4) is 0 Å². The van der Waals surface area contributed by atoms with Crippen molar-refractivity contribution in [3.63, 3.8) is 0 Å². The Morgan fingerprint density at radius 3 is 2.45 bits per heavy atom. The molecule has 0 aliphatic heterocycles. The maximum atomic E-state index is 13.0. The first-order chi connectivity index (χ1) is 15.9. The Labute approximate surface area is 194 Å². The van der Waals surface area contributed by atoms with Crippen LogP contribution < -0.4 is 20.3 Å². The predicted octanol–water partition coefficient (Wildman–Crippen LogP) is 3.15. The lowest BCUT2D eigenvalue weighted by molar-refractivity contribution is -0.132. The van der Waals surface area contributed by atoms with Gasteiger partial charge in [0.2, 0.25) is 5.91 Å². The Hall–Kier alpha value is -3.73. The highest BCUT2D eigenvalue weighted by atomic mass is 32.1. The summed E-state index contributed by atoms with van der Waals surface area (Å²) in [6, 6.07) is 12.7. The van der Waals surface area contributed by atoms with E-state index < -0.39 is 23.7 Å². The first-order valence-corrected chi connectivity index (χ1v) is 10.7. The average molecular weight is 474 g/mol. The van der Waals surface area contributed by atoms with Gasteiger partial charge in [-0.1, -0.05) is 0 Å². The van der Waals surface area contributed by atoms with Crippen LogP contribution in [0, 0.1) is 10.6 Å². The number of benzene rings is 2. The van der Waals surface area contributed by atoms with E-state index in [2.05, 4.69) is 21.0 Å². The number of rotatable bonds is 9. The number of ether oxygens (including phenoxy) is 2. The van der Waals surface area contributed by atoms with Crippen LogP contribution >= 0.6 is 12.2 Å². The summed E-state index contributed by atoms with van der Waals surface area (Å²) < 4.78 is 25.9. The van der Waals surface area contributed by atoms with E-state index in [1.807, 2.05) is 31.2 Å². The summed E-state index contributed by atoms with van der Waals surface area (Å²) in [5.41, 5.74) is 5.47. The molecule has 2 aromatic carbocycles. The number of hydrogen-bond donors (Lipinski definition) is 3. The molecule has 0 aliphatic carbocycles. The molecule has 0 saturated heterocycles. The van der Waals surface area contributed by atoms with Crippen LogP contribution in [0.2, 0.25) is 0 Å². The monoisotopic (exact) mass is 473 g/mol. The van der Waals surface area contributed by atoms with Crippen molar-refractivity contribution in [3.05, 3.63) is 59.1 Å². The summed E-state index contributed by atoms with van der Waals surface area (Å²) in [6.45, 7) is 4.24. The smallest absolute Gasteiger partial charge is 0.279 e. The van der Waals surface area contributed by atoms with Crippen LogP contribution in [0.5, 0.6) is 11.5 Å². The fourth-order valence-corrected chi connectivity index (χ4v) is 3.12. The summed E-state index contributed by atoms with van der Waals surface area (Å²) in [7, 11) is 0. The van der Waals surface area contributed by atoms with Crippen molar-refractivity contribution >= 4 is 24.0 Å². The third kappa shape index (κ3) is 6.62. The van der Waals surface area contributed by atoms with Crippen LogP contribution in [-0.2, 0) is 16.1 Å². The molecule has 0 fully saturated rings. The van der Waals surface area contributed by atoms with Gasteiger partial charge in [-0.15, -0.1) is 0 Å². The van der Waals surface area contributed by atoms with Gasteiger partial charge in [0, 0.05) is 18.5 Å². The Morgan fingerprint density at radius 2 is 1.79 bits per heavy atom. The number of carbonyl (C=O) groups is 2. The molecule has 3 aromatic rings. The van der Waals surface area contributed by atoms with Crippen LogP contribution in [0.25, 0.3) is 11.4 Å². The zero-order chi connectivity index (χ0) is 23.8. The topological polar surface area (TPSA) is 110 Å². The van der Waals surface area contributed by atoms with E-state index in [1.165, 1.54) is 31.2 Å². The normalized spacial score (nSPS) is 11.5. The highest BCUT2D eigenvalue weighted by Crippen LogP contribution is 2.21. The first-order valence-electron chi connectivity index (χ1n) is 10.3. The number of aromatic nitrogens is 3. The van der Waals surface area contributed by atoms with Crippen molar-refractivity contribution in [1.29, 1.82) is 0 Å². The van der Waals surface area contributed by atoms with Gasteiger partial charge in [-0.25, -0.2) is 4.39 Å². The van der Waals surface area contributed by atoms with Gasteiger partial charge in [-0.2, -0.15) is 5.10 Å². The second kappa shape index (κ2) is 11.2. The van der Waals surface area contributed by atoms with Crippen molar-refractivity contribution in [2.75, 3.05) is 6.61 Å². The molecule has 0 bridgehead atoms. The highest BCUT2D eigenvalue weighted by molar-refractivity contribution is 7.71. The predicted molar refractivity (Wildman–Crippen MR) is 121 cm³/mol. The summed E-state index contributed by atoms with van der Waals surface area (Å²) in [4.78, 5) is 24.4. The van der Waals surface area contributed by atoms with Crippen molar-refractivity contribution in [1.82, 2.24) is 25.6 Å². The summed E-state index contributed by atoms with van der Waals surface area (Å²) in [5.74, 6) is 0.285. The van der Waals surface area contributed by atoms with Crippen molar-refractivity contribution < 1.29 is 23.5 Å². The molecular weight excluding hydrogens is 449 g/mol. The lowest BCUT2D eigenvalue weighted by atomic mass is 10.2. The van der Waals surface area contributed by atoms with E-state index in [0.29, 0.717) is 23.0 Å². The van der Waals surface area contributed by atoms with Crippen LogP contribution in [-0.4, -0.2) is 39.3 Å². The summed E-state index contributed by atoms with van der Waals surface area (Å²) in [5, 5.41) is 6.98. The third-order valence-electron chi connectivity index (χ3n) is 4.57. The molecule has 3 N–H and O–H groups in total. The van der Waals surface area contributed by atoms with Gasteiger partial charge in [0.05, 0.1) is 6.61 Å². The Kier molecular flexibility index (Phi) is 8.14. The largest absolute Gasteiger partial charge is 0.494 e. The molecule has 174 valence electrons. The van der Waals surface area contributed by atoms with E-state index in [-0.39, 0.29) is 13.0 Å². The highest BCUT2D eigenvalue weighted by Gasteiger charge is 2.16. The molecule has 0 saturated carbocycles. The molecule has 1 unspecified atom stereocenters. The van der Waals surface area contributed by atoms with Crippen molar-refractivity contribution in [2.45, 2.75) is 32.9 Å². The molecule has 0 aliphatic rings. The van der Waals surface area contributed by atoms with Gasteiger partial charge in [0.25, 0.3) is 5.91 Å². The minimum Gasteiger partial charge on any atom is -0.494 e. The van der Waals surface area contributed by atoms with Gasteiger partial charge in [-0.3, -0.25) is 30.1 Å². The van der Waals surface area contributed by atoms with Gasteiger partial charge in [0.1, 0.15) is 17.3 Å². The quantitative estimate of drug-likeness (QED) is 0.325. The SMILES string of the molecule is CCOc1ccc(-c2n[nH]c(=S)n2CCC(=O)NNC(=O)C(C)Oc2ccc(F)cc2)cc1. The molecule has 1 atom stereocenters. The van der Waals surface area contributed by atoms with E-state index in [1.54, 1.807) is 4.57 Å². The minimum atomic E-state index is -0.899. The number of amides is 2. The number of H-pyrrole nitrogens is 1. The van der Waals surface area contributed by atoms with Gasteiger partial charge < -0.3 is 9.47 Å². The van der Waals surface area contributed by atoms with Crippen LogP contribution in [0.4, 0.5) is 4.39 Å². The Bertz CT molecular complexity index is 1140. The second-order valence-electron chi connectivity index (χ2n) is 6.96. The number of nitrogens with zero attached hydrogens (tertiary/aromatic N) is 2.